The molecule has 192 valence electrons. The lowest BCUT2D eigenvalue weighted by molar-refractivity contribution is -0.137. The number of allylic oxidation sites excluding steroid dienone is 4. The fourth-order valence-electron chi connectivity index (χ4n) is 4.01. The van der Waals surface area contributed by atoms with Crippen molar-refractivity contribution in [1.29, 1.82) is 0 Å². The second-order valence-corrected chi connectivity index (χ2v) is 9.29. The van der Waals surface area contributed by atoms with E-state index < -0.39 is 18.0 Å². The molecule has 2 aliphatic rings. The van der Waals surface area contributed by atoms with Crippen LogP contribution in [-0.2, 0) is 28.9 Å². The number of alkyl halides is 3. The number of hydrogen-bond acceptors (Lipinski definition) is 5. The summed E-state index contributed by atoms with van der Waals surface area (Å²) >= 11 is 0. The number of aliphatic hydroxyl groups excluding tert-OH is 1. The van der Waals surface area contributed by atoms with E-state index in [0.29, 0.717) is 29.3 Å². The predicted molar refractivity (Wildman–Crippen MR) is 133 cm³/mol. The Morgan fingerprint density at radius 1 is 1.17 bits per heavy atom. The van der Waals surface area contributed by atoms with Gasteiger partial charge in [-0.2, -0.15) is 13.2 Å². The van der Waals surface area contributed by atoms with Crippen LogP contribution in [-0.4, -0.2) is 29.8 Å². The first-order valence-corrected chi connectivity index (χ1v) is 12.1. The molecule has 8 heteroatoms. The Morgan fingerprint density at radius 2 is 1.89 bits per heavy atom. The topological polar surface area (TPSA) is 66.4 Å². The van der Waals surface area contributed by atoms with Crippen molar-refractivity contribution >= 4 is 11.3 Å². The molecule has 4 rings (SSSR count). The number of benzene rings is 2. The zero-order valence-electron chi connectivity index (χ0n) is 20.4. The molecule has 2 N–H and O–H groups in total. The molecule has 0 spiro atoms. The largest absolute Gasteiger partial charge is 0.417 e. The number of rotatable bonds is 10. The maximum Gasteiger partial charge on any atom is 0.417 e. The lowest BCUT2D eigenvalue weighted by Gasteiger charge is -2.18. The number of aliphatic hydroxyl groups is 1. The summed E-state index contributed by atoms with van der Waals surface area (Å²) in [6.45, 7) is 5.33. The Kier molecular flexibility index (Phi) is 8.28. The molecular formula is C28H31F3N2O3. The molecule has 1 aliphatic carbocycles. The van der Waals surface area contributed by atoms with Crippen molar-refractivity contribution in [3.8, 4) is 0 Å². The van der Waals surface area contributed by atoms with E-state index in [1.807, 2.05) is 43.3 Å². The van der Waals surface area contributed by atoms with Crippen LogP contribution in [0.1, 0.15) is 54.5 Å². The van der Waals surface area contributed by atoms with E-state index in [2.05, 4.69) is 10.5 Å². The van der Waals surface area contributed by atoms with Crippen molar-refractivity contribution in [2.24, 2.45) is 11.1 Å². The van der Waals surface area contributed by atoms with Crippen LogP contribution in [0.4, 0.5) is 13.2 Å². The average molecular weight is 501 g/mol. The van der Waals surface area contributed by atoms with Gasteiger partial charge in [-0.05, 0) is 66.1 Å². The van der Waals surface area contributed by atoms with Gasteiger partial charge in [0, 0.05) is 6.54 Å². The Labute approximate surface area is 209 Å². The van der Waals surface area contributed by atoms with Gasteiger partial charge in [-0.15, -0.1) is 0 Å². The third kappa shape index (κ3) is 7.06. The van der Waals surface area contributed by atoms with E-state index in [4.69, 9.17) is 14.7 Å². The monoisotopic (exact) mass is 500 g/mol. The van der Waals surface area contributed by atoms with Crippen LogP contribution < -0.4 is 5.32 Å². The van der Waals surface area contributed by atoms with Crippen molar-refractivity contribution < 1.29 is 27.9 Å². The van der Waals surface area contributed by atoms with Crippen LogP contribution in [0, 0.1) is 5.92 Å². The van der Waals surface area contributed by atoms with Gasteiger partial charge in [0.25, 0.3) is 0 Å². The number of nitrogens with one attached hydrogen (secondary N) is 1. The smallest absolute Gasteiger partial charge is 0.391 e. The fraction of sp³-hybridized carbons (Fsp3) is 0.393. The first-order chi connectivity index (χ1) is 17.2. The van der Waals surface area contributed by atoms with Crippen LogP contribution in [0.15, 0.2) is 65.8 Å². The third-order valence-electron chi connectivity index (χ3n) is 6.31. The van der Waals surface area contributed by atoms with Gasteiger partial charge in [0.1, 0.15) is 12.7 Å². The summed E-state index contributed by atoms with van der Waals surface area (Å²) in [5.74, 6) is 0.324. The van der Waals surface area contributed by atoms with Gasteiger partial charge in [0.15, 0.2) is 6.29 Å². The molecule has 1 saturated heterocycles. The van der Waals surface area contributed by atoms with Gasteiger partial charge < -0.3 is 20.0 Å². The SMILES string of the molecule is C/C(=N\OCc1ccc(CNCCC2OC2O)cc1)c1ccc(C2=CCC(C)C=C2)c(C(F)(F)F)c1. The van der Waals surface area contributed by atoms with Gasteiger partial charge in [-0.1, -0.05) is 66.7 Å². The molecule has 1 heterocycles. The van der Waals surface area contributed by atoms with Crippen molar-refractivity contribution in [3.05, 3.63) is 88.5 Å². The minimum absolute atomic E-state index is 0.0469. The molecule has 0 radical (unpaired) electrons. The third-order valence-corrected chi connectivity index (χ3v) is 6.31. The van der Waals surface area contributed by atoms with E-state index >= 15 is 0 Å². The highest BCUT2D eigenvalue weighted by molar-refractivity contribution is 5.99. The summed E-state index contributed by atoms with van der Waals surface area (Å²) < 4.78 is 46.5. The number of halogens is 3. The summed E-state index contributed by atoms with van der Waals surface area (Å²) in [6.07, 6.45) is 1.91. The first kappa shape index (κ1) is 26.1. The molecule has 0 saturated carbocycles. The number of hydrogen-bond donors (Lipinski definition) is 2. The van der Waals surface area contributed by atoms with Gasteiger partial charge in [0.2, 0.25) is 0 Å². The average Bonchev–Trinajstić information content (AvgIpc) is 3.57. The van der Waals surface area contributed by atoms with Crippen molar-refractivity contribution in [1.82, 2.24) is 5.32 Å². The highest BCUT2D eigenvalue weighted by atomic mass is 19.4. The highest BCUT2D eigenvalue weighted by Crippen LogP contribution is 2.37. The van der Waals surface area contributed by atoms with E-state index in [1.165, 1.54) is 6.07 Å². The first-order valence-electron chi connectivity index (χ1n) is 12.1. The van der Waals surface area contributed by atoms with E-state index in [0.717, 1.165) is 36.6 Å². The van der Waals surface area contributed by atoms with Crippen LogP contribution in [0.25, 0.3) is 5.57 Å². The van der Waals surface area contributed by atoms with E-state index in [9.17, 15) is 13.2 Å². The standard InChI is InChI=1S/C28H31F3N2O3/c1-18-3-9-22(10-4-18)24-12-11-23(15-25(24)28(29,30)31)19(2)33-35-17-21-7-5-20(6-8-21)16-32-14-13-26-27(34)36-26/h3,5-12,15,18,26-27,32,34H,4,13-14,16-17H2,1-2H3/b33-19+. The number of epoxide rings is 1. The predicted octanol–water partition coefficient (Wildman–Crippen LogP) is 5.82. The van der Waals surface area contributed by atoms with Crippen LogP contribution >= 0.6 is 0 Å². The Balaban J connectivity index is 1.33. The maximum absolute atomic E-state index is 13.8. The Bertz CT molecular complexity index is 1140. The molecule has 3 unspecified atom stereocenters. The fourth-order valence-corrected chi connectivity index (χ4v) is 4.01. The van der Waals surface area contributed by atoms with Crippen molar-refractivity contribution in [2.45, 2.75) is 58.4 Å². The van der Waals surface area contributed by atoms with Crippen LogP contribution in [0.3, 0.4) is 0 Å². The Hall–Kier alpha value is -2.94. The summed E-state index contributed by atoms with van der Waals surface area (Å²) in [5, 5.41) is 16.5. The van der Waals surface area contributed by atoms with Gasteiger partial charge in [-0.25, -0.2) is 0 Å². The Morgan fingerprint density at radius 3 is 2.53 bits per heavy atom. The van der Waals surface area contributed by atoms with E-state index in [-0.39, 0.29) is 18.3 Å². The number of oxime groups is 1. The zero-order valence-corrected chi connectivity index (χ0v) is 20.4. The molecule has 2 aromatic rings. The molecule has 1 fully saturated rings. The lowest BCUT2D eigenvalue weighted by Crippen LogP contribution is -2.16. The molecule has 5 nitrogen and oxygen atoms in total. The molecule has 36 heavy (non-hydrogen) atoms. The summed E-state index contributed by atoms with van der Waals surface area (Å²) in [7, 11) is 0. The maximum atomic E-state index is 13.8. The minimum atomic E-state index is -4.48. The molecule has 3 atom stereocenters. The molecule has 1 aliphatic heterocycles. The molecule has 0 bridgehead atoms. The number of ether oxygens (including phenoxy) is 1. The summed E-state index contributed by atoms with van der Waals surface area (Å²) in [5.41, 5.74) is 2.84. The highest BCUT2D eigenvalue weighted by Gasteiger charge is 2.36. The van der Waals surface area contributed by atoms with Crippen molar-refractivity contribution in [3.63, 3.8) is 0 Å². The van der Waals surface area contributed by atoms with E-state index in [1.54, 1.807) is 19.1 Å². The van der Waals surface area contributed by atoms with Gasteiger partial charge >= 0.3 is 6.18 Å². The summed E-state index contributed by atoms with van der Waals surface area (Å²) in [6, 6.07) is 12.1. The van der Waals surface area contributed by atoms with Crippen molar-refractivity contribution in [2.75, 3.05) is 6.54 Å². The molecule has 0 amide bonds. The summed E-state index contributed by atoms with van der Waals surface area (Å²) in [4.78, 5) is 5.43. The molecule has 0 aromatic heterocycles. The van der Waals surface area contributed by atoms with Crippen LogP contribution in [0.2, 0.25) is 0 Å². The quantitative estimate of drug-likeness (QED) is 0.187. The van der Waals surface area contributed by atoms with Crippen LogP contribution in [0.5, 0.6) is 0 Å². The minimum Gasteiger partial charge on any atom is -0.391 e. The molecule has 2 aromatic carbocycles. The van der Waals surface area contributed by atoms with Gasteiger partial charge in [-0.3, -0.25) is 0 Å². The second-order valence-electron chi connectivity index (χ2n) is 9.29. The second kappa shape index (κ2) is 11.4. The number of nitrogens with zero attached hydrogens (tertiary/aromatic N) is 1. The molecular weight excluding hydrogens is 469 g/mol. The normalized spacial score (nSPS) is 21.9. The lowest BCUT2D eigenvalue weighted by atomic mass is 9.90. The zero-order chi connectivity index (χ0) is 25.7. The van der Waals surface area contributed by atoms with Gasteiger partial charge in [0.05, 0.1) is 11.3 Å².